The molecule has 3 aliphatic heterocycles. The molecule has 3 aliphatic rings. The summed E-state index contributed by atoms with van der Waals surface area (Å²) < 4.78 is 6.98. The molecule has 0 aromatic heterocycles. The van der Waals surface area contributed by atoms with E-state index in [-0.39, 0.29) is 37.4 Å². The Morgan fingerprint density at radius 1 is 1.05 bits per heavy atom. The number of nitrogens with zero attached hydrogens (tertiary/aromatic N) is 3. The molecule has 3 amide bonds. The monoisotopic (exact) mass is 619 g/mol. The van der Waals surface area contributed by atoms with Gasteiger partial charge in [0.25, 0.3) is 5.91 Å². The summed E-state index contributed by atoms with van der Waals surface area (Å²) in [6.07, 6.45) is 5.98. The summed E-state index contributed by atoms with van der Waals surface area (Å²) in [6, 6.07) is 15.8. The van der Waals surface area contributed by atoms with Crippen LogP contribution in [-0.2, 0) is 25.7 Å². The average molecular weight is 620 g/mol. The van der Waals surface area contributed by atoms with Crippen molar-refractivity contribution in [3.8, 4) is 0 Å². The van der Waals surface area contributed by atoms with Crippen molar-refractivity contribution in [2.75, 3.05) is 31.1 Å². The molecule has 1 N–H and O–H groups in total. The number of carbonyl (C=O) groups is 3. The van der Waals surface area contributed by atoms with Crippen LogP contribution in [0.4, 0.5) is 5.69 Å². The quantitative estimate of drug-likeness (QED) is 0.237. The maximum atomic E-state index is 14.7. The Morgan fingerprint density at radius 2 is 1.75 bits per heavy atom. The highest BCUT2D eigenvalue weighted by atomic mass is 35.5. The highest BCUT2D eigenvalue weighted by Crippen LogP contribution is 2.64. The Kier molecular flexibility index (Phi) is 9.63. The first kappa shape index (κ1) is 31.9. The van der Waals surface area contributed by atoms with Crippen LogP contribution in [0.25, 0.3) is 0 Å². The van der Waals surface area contributed by atoms with Gasteiger partial charge in [0.1, 0.15) is 11.6 Å². The SMILES string of the molecule is C=CCN(Cc1ccccc1)C(=O)[C@H]1[C@H]2C(=O)N(CCCCO)C(C(=O)N(CC=C)c3ccc(Cl)cc3)C23CC[C@]1(CC)O3. The minimum absolute atomic E-state index is 0.0187. The first-order valence-electron chi connectivity index (χ1n) is 15.5. The van der Waals surface area contributed by atoms with E-state index < -0.39 is 29.1 Å². The van der Waals surface area contributed by atoms with E-state index in [1.54, 1.807) is 51.1 Å². The lowest BCUT2D eigenvalue weighted by Crippen LogP contribution is -2.56. The normalized spacial score (nSPS) is 26.8. The fourth-order valence-electron chi connectivity index (χ4n) is 7.62. The van der Waals surface area contributed by atoms with Gasteiger partial charge < -0.3 is 24.5 Å². The Hall–Kier alpha value is -3.46. The Balaban J connectivity index is 1.57. The molecule has 5 atom stereocenters. The van der Waals surface area contributed by atoms with Crippen molar-refractivity contribution in [2.24, 2.45) is 11.8 Å². The number of anilines is 1. The maximum absolute atomic E-state index is 14.7. The molecule has 3 saturated heterocycles. The van der Waals surface area contributed by atoms with Gasteiger partial charge in [-0.1, -0.05) is 61.0 Å². The number of carbonyl (C=O) groups excluding carboxylic acids is 3. The standard InChI is InChI=1S/C35H42ClN3O5/c1-4-20-37(24-25-12-8-7-9-13-25)31(41)28-29-32(42)39(22-10-11-23-40)30(35(29)19-18-34(28,6-3)44-35)33(43)38(21-5-2)27-16-14-26(36)15-17-27/h4-5,7-9,12-17,28-30,40H,1-2,6,10-11,18-24H2,3H3/t28-,29+,30?,34+,35?/m1/s1. The van der Waals surface area contributed by atoms with Crippen molar-refractivity contribution in [3.63, 3.8) is 0 Å². The molecule has 9 heteroatoms. The van der Waals surface area contributed by atoms with Crippen LogP contribution in [0, 0.1) is 11.8 Å². The smallest absolute Gasteiger partial charge is 0.253 e. The van der Waals surface area contributed by atoms with Crippen LogP contribution in [0.1, 0.15) is 44.6 Å². The van der Waals surface area contributed by atoms with Crippen LogP contribution >= 0.6 is 11.6 Å². The third-order valence-electron chi connectivity index (χ3n) is 9.58. The molecule has 0 aliphatic carbocycles. The van der Waals surface area contributed by atoms with E-state index in [2.05, 4.69) is 13.2 Å². The lowest BCUT2D eigenvalue weighted by Gasteiger charge is -2.37. The third kappa shape index (κ3) is 5.48. The molecule has 1 spiro atoms. The van der Waals surface area contributed by atoms with Crippen molar-refractivity contribution in [1.82, 2.24) is 9.80 Å². The van der Waals surface area contributed by atoms with Crippen molar-refractivity contribution in [2.45, 2.75) is 62.8 Å². The first-order chi connectivity index (χ1) is 21.3. The number of aliphatic hydroxyl groups is 1. The summed E-state index contributed by atoms with van der Waals surface area (Å²) in [6.45, 7) is 10.9. The molecule has 234 valence electrons. The molecule has 2 aromatic rings. The van der Waals surface area contributed by atoms with E-state index in [0.717, 1.165) is 5.56 Å². The number of likely N-dealkylation sites (tertiary alicyclic amines) is 1. The van der Waals surface area contributed by atoms with Gasteiger partial charge in [-0.2, -0.15) is 0 Å². The number of unbranched alkanes of at least 4 members (excludes halogenated alkanes) is 1. The minimum Gasteiger partial charge on any atom is -0.396 e. The number of rotatable bonds is 14. The van der Waals surface area contributed by atoms with Crippen molar-refractivity contribution in [3.05, 3.63) is 90.5 Å². The van der Waals surface area contributed by atoms with Gasteiger partial charge in [0.15, 0.2) is 0 Å². The molecule has 2 aromatic carbocycles. The summed E-state index contributed by atoms with van der Waals surface area (Å²) >= 11 is 6.15. The van der Waals surface area contributed by atoms with Gasteiger partial charge in [-0.3, -0.25) is 14.4 Å². The number of benzene rings is 2. The number of ether oxygens (including phenoxy) is 1. The minimum atomic E-state index is -1.15. The van der Waals surface area contributed by atoms with Gasteiger partial charge in [0.05, 0.1) is 17.4 Å². The number of aliphatic hydroxyl groups excluding tert-OH is 1. The summed E-state index contributed by atoms with van der Waals surface area (Å²) in [5.41, 5.74) is -0.395. The zero-order chi connectivity index (χ0) is 31.5. The fourth-order valence-corrected chi connectivity index (χ4v) is 7.74. The summed E-state index contributed by atoms with van der Waals surface area (Å²) in [5, 5.41) is 10.1. The third-order valence-corrected chi connectivity index (χ3v) is 9.83. The van der Waals surface area contributed by atoms with Crippen LogP contribution in [0.15, 0.2) is 79.9 Å². The molecule has 0 radical (unpaired) electrons. The summed E-state index contributed by atoms with van der Waals surface area (Å²) in [7, 11) is 0. The van der Waals surface area contributed by atoms with Crippen LogP contribution < -0.4 is 4.90 Å². The van der Waals surface area contributed by atoms with Crippen LogP contribution in [0.3, 0.4) is 0 Å². The molecule has 2 unspecified atom stereocenters. The van der Waals surface area contributed by atoms with Gasteiger partial charge in [0, 0.05) is 43.5 Å². The number of hydrogen-bond donors (Lipinski definition) is 1. The van der Waals surface area contributed by atoms with Gasteiger partial charge >= 0.3 is 0 Å². The Morgan fingerprint density at radius 3 is 2.39 bits per heavy atom. The van der Waals surface area contributed by atoms with Gasteiger partial charge in [-0.15, -0.1) is 13.2 Å². The lowest BCUT2D eigenvalue weighted by atomic mass is 9.64. The number of hydrogen-bond acceptors (Lipinski definition) is 5. The van der Waals surface area contributed by atoms with E-state index in [4.69, 9.17) is 16.3 Å². The van der Waals surface area contributed by atoms with E-state index in [1.165, 1.54) is 0 Å². The highest BCUT2D eigenvalue weighted by Gasteiger charge is 2.79. The second kappa shape index (κ2) is 13.3. The Labute approximate surface area is 264 Å². The van der Waals surface area contributed by atoms with Gasteiger partial charge in [-0.05, 0) is 61.9 Å². The number of amides is 3. The molecular weight excluding hydrogens is 578 g/mol. The number of fused-ring (bicyclic) bond motifs is 1. The second-order valence-corrected chi connectivity index (χ2v) is 12.4. The molecule has 5 rings (SSSR count). The van der Waals surface area contributed by atoms with Crippen molar-refractivity contribution in [1.29, 1.82) is 0 Å². The summed E-state index contributed by atoms with van der Waals surface area (Å²) in [4.78, 5) is 48.8. The topological polar surface area (TPSA) is 90.4 Å². The largest absolute Gasteiger partial charge is 0.396 e. The Bertz CT molecular complexity index is 1380. The van der Waals surface area contributed by atoms with Crippen molar-refractivity contribution >= 4 is 35.0 Å². The van der Waals surface area contributed by atoms with Crippen LogP contribution in [0.2, 0.25) is 5.02 Å². The fraction of sp³-hybridized carbons (Fsp3) is 0.457. The lowest BCUT2D eigenvalue weighted by molar-refractivity contribution is -0.151. The van der Waals surface area contributed by atoms with E-state index in [1.807, 2.05) is 37.3 Å². The van der Waals surface area contributed by atoms with Gasteiger partial charge in [-0.25, -0.2) is 0 Å². The molecule has 2 bridgehead atoms. The predicted octanol–water partition coefficient (Wildman–Crippen LogP) is 5.00. The molecule has 3 heterocycles. The molecule has 8 nitrogen and oxygen atoms in total. The van der Waals surface area contributed by atoms with E-state index >= 15 is 0 Å². The zero-order valence-corrected chi connectivity index (χ0v) is 26.1. The zero-order valence-electron chi connectivity index (χ0n) is 25.4. The number of halogens is 1. The summed E-state index contributed by atoms with van der Waals surface area (Å²) in [5.74, 6) is -2.20. The van der Waals surface area contributed by atoms with E-state index in [9.17, 15) is 19.5 Å². The second-order valence-electron chi connectivity index (χ2n) is 12.0. The van der Waals surface area contributed by atoms with Crippen molar-refractivity contribution < 1.29 is 24.2 Å². The molecule has 0 saturated carbocycles. The molecule has 44 heavy (non-hydrogen) atoms. The molecule has 3 fully saturated rings. The highest BCUT2D eigenvalue weighted by molar-refractivity contribution is 6.30. The van der Waals surface area contributed by atoms with Crippen LogP contribution in [0.5, 0.6) is 0 Å². The van der Waals surface area contributed by atoms with E-state index in [0.29, 0.717) is 55.9 Å². The average Bonchev–Trinajstić information content (AvgIpc) is 3.64. The predicted molar refractivity (Wildman–Crippen MR) is 171 cm³/mol. The molecular formula is C35H42ClN3O5. The maximum Gasteiger partial charge on any atom is 0.253 e. The van der Waals surface area contributed by atoms with Gasteiger partial charge in [0.2, 0.25) is 11.8 Å². The van der Waals surface area contributed by atoms with Crippen LogP contribution in [-0.4, -0.2) is 76.1 Å². The first-order valence-corrected chi connectivity index (χ1v) is 15.9.